The fourth-order valence-electron chi connectivity index (χ4n) is 1.92. The molecule has 0 saturated heterocycles. The average Bonchev–Trinajstić information content (AvgIpc) is 2.25. The predicted octanol–water partition coefficient (Wildman–Crippen LogP) is 5.37. The normalized spacial score (nSPS) is 11.5. The van der Waals surface area contributed by atoms with Crippen LogP contribution in [0.3, 0.4) is 0 Å². The molecule has 0 amide bonds. The smallest absolute Gasteiger partial charge is 0.140 e. The van der Waals surface area contributed by atoms with E-state index in [-0.39, 0.29) is 16.1 Å². The minimum absolute atomic E-state index is 0.148. The van der Waals surface area contributed by atoms with Gasteiger partial charge in [0.25, 0.3) is 0 Å². The van der Waals surface area contributed by atoms with Crippen LogP contribution in [-0.2, 0) is 0 Å². The van der Waals surface area contributed by atoms with Gasteiger partial charge in [0.15, 0.2) is 0 Å². The first kappa shape index (κ1) is 14.5. The molecule has 0 bridgehead atoms. The molecule has 0 aromatic heterocycles. The lowest BCUT2D eigenvalue weighted by Gasteiger charge is -2.15. The number of benzene rings is 1. The summed E-state index contributed by atoms with van der Waals surface area (Å²) in [6, 6.07) is 2.98. The van der Waals surface area contributed by atoms with Crippen molar-refractivity contribution in [3.63, 3.8) is 0 Å². The molecule has 0 unspecified atom stereocenters. The number of halogens is 2. The van der Waals surface area contributed by atoms with Crippen molar-refractivity contribution in [2.75, 3.05) is 0 Å². The summed E-state index contributed by atoms with van der Waals surface area (Å²) in [4.78, 5) is 0.148. The van der Waals surface area contributed by atoms with E-state index in [1.54, 1.807) is 0 Å². The van der Waals surface area contributed by atoms with Crippen LogP contribution in [0.4, 0.5) is 8.78 Å². The van der Waals surface area contributed by atoms with Gasteiger partial charge in [-0.15, -0.1) is 11.8 Å². The van der Waals surface area contributed by atoms with Crippen molar-refractivity contribution in [2.24, 2.45) is 0 Å². The Kier molecular flexibility index (Phi) is 5.44. The summed E-state index contributed by atoms with van der Waals surface area (Å²) in [5.41, 5.74) is 0.776. The maximum Gasteiger partial charge on any atom is 0.140 e. The highest BCUT2D eigenvalue weighted by atomic mass is 32.2. The van der Waals surface area contributed by atoms with E-state index in [1.807, 2.05) is 27.7 Å². The molecule has 1 aromatic carbocycles. The van der Waals surface area contributed by atoms with E-state index in [2.05, 4.69) is 0 Å². The van der Waals surface area contributed by atoms with Crippen LogP contribution >= 0.6 is 11.8 Å². The fourth-order valence-corrected chi connectivity index (χ4v) is 2.74. The molecular weight excluding hydrogens is 238 g/mol. The van der Waals surface area contributed by atoms with Crippen LogP contribution in [0.25, 0.3) is 0 Å². The zero-order chi connectivity index (χ0) is 13.0. The topological polar surface area (TPSA) is 0 Å². The van der Waals surface area contributed by atoms with E-state index >= 15 is 0 Å². The molecule has 0 heterocycles. The van der Waals surface area contributed by atoms with Gasteiger partial charge in [-0.2, -0.15) is 0 Å². The first-order valence-corrected chi connectivity index (χ1v) is 7.03. The van der Waals surface area contributed by atoms with Crippen LogP contribution in [0.2, 0.25) is 0 Å². The van der Waals surface area contributed by atoms with Crippen LogP contribution in [0, 0.1) is 11.6 Å². The largest absolute Gasteiger partial charge is 0.206 e. The second kappa shape index (κ2) is 6.39. The minimum Gasteiger partial charge on any atom is -0.206 e. The molecule has 0 aliphatic carbocycles. The number of hydrogen-bond acceptors (Lipinski definition) is 1. The van der Waals surface area contributed by atoms with Gasteiger partial charge in [0, 0.05) is 5.25 Å². The van der Waals surface area contributed by atoms with Gasteiger partial charge < -0.3 is 0 Å². The van der Waals surface area contributed by atoms with Crippen molar-refractivity contribution >= 4 is 11.8 Å². The molecule has 0 radical (unpaired) electrons. The zero-order valence-corrected chi connectivity index (χ0v) is 11.7. The third-order valence-electron chi connectivity index (χ3n) is 2.83. The Hall–Kier alpha value is -0.570. The van der Waals surface area contributed by atoms with E-state index in [0.29, 0.717) is 0 Å². The summed E-state index contributed by atoms with van der Waals surface area (Å²) in [6.07, 6.45) is 1.82. The van der Waals surface area contributed by atoms with Gasteiger partial charge in [-0.3, -0.25) is 0 Å². The molecule has 17 heavy (non-hydrogen) atoms. The molecule has 0 aliphatic heterocycles. The van der Waals surface area contributed by atoms with Gasteiger partial charge in [0.05, 0.1) is 4.90 Å². The van der Waals surface area contributed by atoms with Crippen molar-refractivity contribution in [3.8, 4) is 0 Å². The zero-order valence-electron chi connectivity index (χ0n) is 10.9. The highest BCUT2D eigenvalue weighted by Gasteiger charge is 2.16. The summed E-state index contributed by atoms with van der Waals surface area (Å²) < 4.78 is 27.7. The molecule has 0 atom stereocenters. The third kappa shape index (κ3) is 3.70. The Balaban J connectivity index is 3.08. The van der Waals surface area contributed by atoms with Crippen LogP contribution in [-0.4, -0.2) is 5.25 Å². The van der Waals surface area contributed by atoms with Gasteiger partial charge in [-0.25, -0.2) is 8.78 Å². The van der Waals surface area contributed by atoms with Gasteiger partial charge in [0.1, 0.15) is 11.6 Å². The Labute approximate surface area is 107 Å². The number of thioether (sulfide) groups is 1. The van der Waals surface area contributed by atoms with Gasteiger partial charge >= 0.3 is 0 Å². The molecule has 1 rings (SSSR count). The van der Waals surface area contributed by atoms with Crippen molar-refractivity contribution in [3.05, 3.63) is 29.3 Å². The fraction of sp³-hybridized carbons (Fsp3) is 0.571. The van der Waals surface area contributed by atoms with E-state index in [4.69, 9.17) is 0 Å². The van der Waals surface area contributed by atoms with Crippen LogP contribution in [0.1, 0.15) is 52.0 Å². The van der Waals surface area contributed by atoms with E-state index in [0.717, 1.165) is 18.4 Å². The Morgan fingerprint density at radius 3 is 1.88 bits per heavy atom. The molecule has 3 heteroatoms. The third-order valence-corrected chi connectivity index (χ3v) is 3.93. The molecule has 0 nitrogen and oxygen atoms in total. The average molecular weight is 258 g/mol. The standard InChI is InChI=1S/C14H20F2S/c1-5-10(6-2)11-7-12(15)14(13(16)8-11)17-9(3)4/h7-10H,5-6H2,1-4H3. The summed E-state index contributed by atoms with van der Waals surface area (Å²) >= 11 is 1.24. The van der Waals surface area contributed by atoms with E-state index < -0.39 is 11.6 Å². The van der Waals surface area contributed by atoms with Crippen LogP contribution in [0.5, 0.6) is 0 Å². The van der Waals surface area contributed by atoms with Crippen molar-refractivity contribution in [1.82, 2.24) is 0 Å². The maximum atomic E-state index is 13.8. The Morgan fingerprint density at radius 1 is 1.06 bits per heavy atom. The van der Waals surface area contributed by atoms with Crippen molar-refractivity contribution in [1.29, 1.82) is 0 Å². The molecular formula is C14H20F2S. The minimum atomic E-state index is -0.425. The van der Waals surface area contributed by atoms with E-state index in [1.165, 1.54) is 23.9 Å². The highest BCUT2D eigenvalue weighted by Crippen LogP contribution is 2.32. The monoisotopic (exact) mass is 258 g/mol. The lowest BCUT2D eigenvalue weighted by atomic mass is 9.94. The molecule has 0 N–H and O–H groups in total. The first-order valence-electron chi connectivity index (χ1n) is 6.15. The number of hydrogen-bond donors (Lipinski definition) is 0. The summed E-state index contributed by atoms with van der Waals surface area (Å²) in [5, 5.41) is 0.179. The SMILES string of the molecule is CCC(CC)c1cc(F)c(SC(C)C)c(F)c1. The second-order valence-corrected chi connectivity index (χ2v) is 6.08. The molecule has 96 valence electrons. The summed E-state index contributed by atoms with van der Waals surface area (Å²) in [7, 11) is 0. The lowest BCUT2D eigenvalue weighted by Crippen LogP contribution is -2.00. The summed E-state index contributed by atoms with van der Waals surface area (Å²) in [6.45, 7) is 7.94. The van der Waals surface area contributed by atoms with Crippen LogP contribution in [0.15, 0.2) is 17.0 Å². The molecule has 0 aliphatic rings. The van der Waals surface area contributed by atoms with Gasteiger partial charge in [-0.05, 0) is 36.5 Å². The van der Waals surface area contributed by atoms with Crippen molar-refractivity contribution in [2.45, 2.75) is 56.6 Å². The van der Waals surface area contributed by atoms with Crippen molar-refractivity contribution < 1.29 is 8.78 Å². The molecule has 1 aromatic rings. The second-order valence-electron chi connectivity index (χ2n) is 4.49. The quantitative estimate of drug-likeness (QED) is 0.640. The molecule has 0 saturated carbocycles. The highest BCUT2D eigenvalue weighted by molar-refractivity contribution is 7.99. The molecule has 0 spiro atoms. The van der Waals surface area contributed by atoms with Crippen LogP contribution < -0.4 is 0 Å². The Bertz CT molecular complexity index is 347. The van der Waals surface area contributed by atoms with E-state index in [9.17, 15) is 8.78 Å². The molecule has 0 fully saturated rings. The first-order chi connectivity index (χ1) is 7.99. The van der Waals surface area contributed by atoms with Gasteiger partial charge in [0.2, 0.25) is 0 Å². The lowest BCUT2D eigenvalue weighted by molar-refractivity contribution is 0.528. The maximum absolute atomic E-state index is 13.8. The Morgan fingerprint density at radius 2 is 1.53 bits per heavy atom. The van der Waals surface area contributed by atoms with Gasteiger partial charge in [-0.1, -0.05) is 27.7 Å². The number of rotatable bonds is 5. The summed E-state index contributed by atoms with van der Waals surface area (Å²) in [5.74, 6) is -0.603. The predicted molar refractivity (Wildman–Crippen MR) is 70.7 cm³/mol.